The Kier molecular flexibility index (Phi) is 6.02. The van der Waals surface area contributed by atoms with E-state index in [9.17, 15) is 0 Å². The van der Waals surface area contributed by atoms with Gasteiger partial charge < -0.3 is 13.7 Å². The molecule has 6 aromatic rings. The number of hydrogen-bond acceptors (Lipinski definition) is 5. The molecule has 0 N–H and O–H groups in total. The van der Waals surface area contributed by atoms with Crippen LogP contribution in [0.3, 0.4) is 0 Å². The lowest BCUT2D eigenvalue weighted by Crippen LogP contribution is -2.25. The lowest BCUT2D eigenvalue weighted by atomic mass is 10.0. The highest BCUT2D eigenvalue weighted by atomic mass is 16.4. The molecule has 0 aliphatic rings. The van der Waals surface area contributed by atoms with E-state index in [1.807, 2.05) is 18.2 Å². The Labute approximate surface area is 215 Å². The van der Waals surface area contributed by atoms with Crippen molar-refractivity contribution in [1.82, 2.24) is 4.98 Å². The third-order valence-electron chi connectivity index (χ3n) is 7.15. The van der Waals surface area contributed by atoms with Crippen LogP contribution in [0, 0.1) is 11.3 Å². The third kappa shape index (κ3) is 3.99. The van der Waals surface area contributed by atoms with Gasteiger partial charge in [0.25, 0.3) is 0 Å². The predicted octanol–water partition coefficient (Wildman–Crippen LogP) is 8.83. The second-order valence-electron chi connectivity index (χ2n) is 9.61. The summed E-state index contributed by atoms with van der Waals surface area (Å²) in [7, 11) is 0. The van der Waals surface area contributed by atoms with Gasteiger partial charge in [0.05, 0.1) is 11.6 Å². The zero-order valence-electron chi connectivity index (χ0n) is 21.3. The first kappa shape index (κ1) is 23.1. The van der Waals surface area contributed by atoms with Crippen molar-refractivity contribution in [3.8, 4) is 17.5 Å². The molecular formula is C32H29N3O2. The first-order valence-corrected chi connectivity index (χ1v) is 13.1. The van der Waals surface area contributed by atoms with E-state index in [4.69, 9.17) is 19.1 Å². The first-order chi connectivity index (χ1) is 18.2. The van der Waals surface area contributed by atoms with E-state index in [0.29, 0.717) is 17.0 Å². The smallest absolute Gasteiger partial charge is 0.227 e. The number of nitriles is 1. The number of rotatable bonds is 8. The fraction of sp³-hybridized carbons (Fsp3) is 0.250. The largest absolute Gasteiger partial charge is 0.452 e. The van der Waals surface area contributed by atoms with Crippen LogP contribution < -0.4 is 4.90 Å². The molecule has 5 nitrogen and oxygen atoms in total. The molecule has 0 radical (unpaired) electrons. The van der Waals surface area contributed by atoms with Crippen LogP contribution in [-0.2, 0) is 0 Å². The SMILES string of the molecule is CCCCN(CCCC)c1ccc2c(c1)oc1c3oc(-c4ccc(C#N)cc4)nc3c3ccccc3c21. The second-order valence-corrected chi connectivity index (χ2v) is 9.61. The van der Waals surface area contributed by atoms with Gasteiger partial charge in [0.2, 0.25) is 5.89 Å². The Morgan fingerprint density at radius 3 is 2.24 bits per heavy atom. The number of unbranched alkanes of at least 4 members (excludes halogenated alkanes) is 2. The molecule has 2 aromatic heterocycles. The molecule has 0 unspecified atom stereocenters. The van der Waals surface area contributed by atoms with Crippen LogP contribution in [0.2, 0.25) is 0 Å². The van der Waals surface area contributed by atoms with Crippen molar-refractivity contribution < 1.29 is 8.83 Å². The highest BCUT2D eigenvalue weighted by molar-refractivity contribution is 6.28. The Hall–Kier alpha value is -4.30. The number of oxazole rings is 1. The van der Waals surface area contributed by atoms with Crippen molar-refractivity contribution in [3.63, 3.8) is 0 Å². The molecule has 184 valence electrons. The summed E-state index contributed by atoms with van der Waals surface area (Å²) in [6.07, 6.45) is 4.69. The van der Waals surface area contributed by atoms with E-state index in [0.717, 1.165) is 56.9 Å². The standard InChI is InChI=1S/C32H29N3O2/c1-3-5-17-35(18-6-4-2)23-15-16-26-27(19-23)36-30-28(26)24-9-7-8-10-25(24)29-31(30)37-32(34-29)22-13-11-21(20-33)12-14-22/h7-16,19H,3-6,17-18H2,1-2H3. The molecule has 0 saturated carbocycles. The number of furan rings is 1. The summed E-state index contributed by atoms with van der Waals surface area (Å²) in [6, 6.07) is 24.4. The van der Waals surface area contributed by atoms with Gasteiger partial charge in [-0.2, -0.15) is 5.26 Å². The maximum atomic E-state index is 9.15. The highest BCUT2D eigenvalue weighted by Gasteiger charge is 2.21. The van der Waals surface area contributed by atoms with Gasteiger partial charge >= 0.3 is 0 Å². The normalized spacial score (nSPS) is 11.6. The van der Waals surface area contributed by atoms with Gasteiger partial charge in [-0.1, -0.05) is 51.0 Å². The van der Waals surface area contributed by atoms with E-state index in [1.54, 1.807) is 12.1 Å². The summed E-state index contributed by atoms with van der Waals surface area (Å²) in [5.41, 5.74) is 5.65. The van der Waals surface area contributed by atoms with Gasteiger partial charge in [0.15, 0.2) is 11.2 Å². The molecule has 0 atom stereocenters. The summed E-state index contributed by atoms with van der Waals surface area (Å²) in [6.45, 7) is 6.57. The highest BCUT2D eigenvalue weighted by Crippen LogP contribution is 2.42. The predicted molar refractivity (Wildman–Crippen MR) is 151 cm³/mol. The number of fused-ring (bicyclic) bond motifs is 8. The zero-order chi connectivity index (χ0) is 25.4. The van der Waals surface area contributed by atoms with Gasteiger partial charge in [0, 0.05) is 46.6 Å². The van der Waals surface area contributed by atoms with Crippen LogP contribution >= 0.6 is 0 Å². The molecule has 37 heavy (non-hydrogen) atoms. The number of hydrogen-bond donors (Lipinski definition) is 0. The topological polar surface area (TPSA) is 66.2 Å². The van der Waals surface area contributed by atoms with Gasteiger partial charge in [-0.05, 0) is 54.6 Å². The average molecular weight is 488 g/mol. The summed E-state index contributed by atoms with van der Waals surface area (Å²) in [5, 5.41) is 13.4. The molecule has 0 aliphatic carbocycles. The van der Waals surface area contributed by atoms with Crippen molar-refractivity contribution in [3.05, 3.63) is 72.3 Å². The van der Waals surface area contributed by atoms with E-state index < -0.39 is 0 Å². The summed E-state index contributed by atoms with van der Waals surface area (Å²) >= 11 is 0. The monoisotopic (exact) mass is 487 g/mol. The van der Waals surface area contributed by atoms with Crippen LogP contribution in [0.4, 0.5) is 5.69 Å². The number of nitrogens with zero attached hydrogens (tertiary/aromatic N) is 3. The van der Waals surface area contributed by atoms with E-state index in [1.165, 1.54) is 31.4 Å². The molecule has 0 saturated heterocycles. The molecule has 4 aromatic carbocycles. The molecule has 6 rings (SSSR count). The molecule has 0 amide bonds. The molecule has 5 heteroatoms. The van der Waals surface area contributed by atoms with Crippen molar-refractivity contribution >= 4 is 49.5 Å². The first-order valence-electron chi connectivity index (χ1n) is 13.1. The van der Waals surface area contributed by atoms with E-state index in [2.05, 4.69) is 61.2 Å². The summed E-state index contributed by atoms with van der Waals surface area (Å²) in [5.74, 6) is 0.517. The third-order valence-corrected chi connectivity index (χ3v) is 7.15. The molecule has 0 bridgehead atoms. The number of anilines is 1. The van der Waals surface area contributed by atoms with Crippen LogP contribution in [-0.4, -0.2) is 18.1 Å². The van der Waals surface area contributed by atoms with Crippen LogP contribution in [0.1, 0.15) is 45.1 Å². The minimum atomic E-state index is 0.517. The van der Waals surface area contributed by atoms with Crippen molar-refractivity contribution in [2.24, 2.45) is 0 Å². The Bertz CT molecular complexity index is 1760. The maximum Gasteiger partial charge on any atom is 0.227 e. The lowest BCUT2D eigenvalue weighted by molar-refractivity contribution is 0.603. The van der Waals surface area contributed by atoms with Crippen LogP contribution in [0.25, 0.3) is 55.3 Å². The van der Waals surface area contributed by atoms with Crippen molar-refractivity contribution in [2.45, 2.75) is 39.5 Å². The van der Waals surface area contributed by atoms with E-state index in [-0.39, 0.29) is 0 Å². The second kappa shape index (κ2) is 9.63. The quantitative estimate of drug-likeness (QED) is 0.214. The zero-order valence-corrected chi connectivity index (χ0v) is 21.3. The molecule has 0 spiro atoms. The van der Waals surface area contributed by atoms with Gasteiger partial charge in [-0.15, -0.1) is 0 Å². The van der Waals surface area contributed by atoms with Crippen molar-refractivity contribution in [2.75, 3.05) is 18.0 Å². The average Bonchev–Trinajstić information content (AvgIpc) is 3.56. The summed E-state index contributed by atoms with van der Waals surface area (Å²) < 4.78 is 12.9. The number of benzene rings is 4. The molecule has 0 fully saturated rings. The fourth-order valence-electron chi connectivity index (χ4n) is 5.15. The van der Waals surface area contributed by atoms with Crippen LogP contribution in [0.15, 0.2) is 75.6 Å². The van der Waals surface area contributed by atoms with Crippen molar-refractivity contribution in [1.29, 1.82) is 5.26 Å². The lowest BCUT2D eigenvalue weighted by Gasteiger charge is -2.24. The minimum Gasteiger partial charge on any atom is -0.452 e. The Balaban J connectivity index is 1.56. The molecule has 0 aliphatic heterocycles. The molecule has 2 heterocycles. The molecular weight excluding hydrogens is 458 g/mol. The van der Waals surface area contributed by atoms with Gasteiger partial charge in [0.1, 0.15) is 11.1 Å². The minimum absolute atomic E-state index is 0.517. The Morgan fingerprint density at radius 2 is 1.54 bits per heavy atom. The van der Waals surface area contributed by atoms with Gasteiger partial charge in [-0.3, -0.25) is 0 Å². The fourth-order valence-corrected chi connectivity index (χ4v) is 5.15. The van der Waals surface area contributed by atoms with Crippen LogP contribution in [0.5, 0.6) is 0 Å². The Morgan fingerprint density at radius 1 is 0.811 bits per heavy atom. The number of aromatic nitrogens is 1. The summed E-state index contributed by atoms with van der Waals surface area (Å²) in [4.78, 5) is 7.36. The van der Waals surface area contributed by atoms with Gasteiger partial charge in [-0.25, -0.2) is 4.98 Å². The van der Waals surface area contributed by atoms with E-state index >= 15 is 0 Å². The maximum absolute atomic E-state index is 9.15.